The minimum absolute atomic E-state index is 0.0739. The lowest BCUT2D eigenvalue weighted by Crippen LogP contribution is -2.51. The van der Waals surface area contributed by atoms with Crippen LogP contribution < -0.4 is 4.90 Å². The molecule has 1 spiro atoms. The van der Waals surface area contributed by atoms with Gasteiger partial charge in [-0.15, -0.1) is 0 Å². The second-order valence-electron chi connectivity index (χ2n) is 18.3. The second kappa shape index (κ2) is 11.5. The minimum atomic E-state index is -4.93. The Labute approximate surface area is 326 Å². The van der Waals surface area contributed by atoms with Gasteiger partial charge in [0.15, 0.2) is 0 Å². The Morgan fingerprint density at radius 1 is 0.600 bits per heavy atom. The Bertz CT molecular complexity index is 2460. The summed E-state index contributed by atoms with van der Waals surface area (Å²) in [4.78, 5) is 3.77. The molecule has 0 atom stereocenters. The molecule has 55 heavy (non-hydrogen) atoms. The molecule has 8 rings (SSSR count). The zero-order chi connectivity index (χ0) is 39.8. The molecular formula is C48H44F3N3S. The molecule has 3 nitrogen and oxygen atoms in total. The predicted molar refractivity (Wildman–Crippen MR) is 216 cm³/mol. The summed E-state index contributed by atoms with van der Waals surface area (Å²) < 4.78 is 48.3. The summed E-state index contributed by atoms with van der Waals surface area (Å²) in [7, 11) is 0. The molecule has 0 N–H and O–H groups in total. The number of nitriles is 2. The Hall–Kier alpha value is -4.98. The first-order valence-electron chi connectivity index (χ1n) is 18.7. The lowest BCUT2D eigenvalue weighted by molar-refractivity contribution is -0.139. The fourth-order valence-electron chi connectivity index (χ4n) is 10.4. The van der Waals surface area contributed by atoms with Crippen molar-refractivity contribution in [1.29, 1.82) is 10.5 Å². The van der Waals surface area contributed by atoms with Crippen LogP contribution in [0.3, 0.4) is 0 Å². The van der Waals surface area contributed by atoms with Crippen molar-refractivity contribution in [2.75, 3.05) is 4.90 Å². The molecule has 5 aromatic rings. The number of benzene rings is 5. The van der Waals surface area contributed by atoms with Crippen molar-refractivity contribution >= 4 is 28.8 Å². The second-order valence-corrected chi connectivity index (χ2v) is 19.4. The number of halogens is 3. The molecule has 0 fully saturated rings. The van der Waals surface area contributed by atoms with E-state index in [1.807, 2.05) is 73.3 Å². The molecule has 0 radical (unpaired) electrons. The number of hydrogen-bond acceptors (Lipinski definition) is 4. The van der Waals surface area contributed by atoms with Gasteiger partial charge in [-0.3, -0.25) is 0 Å². The molecular weight excluding hydrogens is 708 g/mol. The number of fused-ring (bicyclic) bond motifs is 8. The minimum Gasteiger partial charge on any atom is -0.307 e. The molecule has 3 aliphatic rings. The maximum absolute atomic E-state index is 16.1. The smallest absolute Gasteiger partial charge is 0.307 e. The van der Waals surface area contributed by atoms with E-state index in [2.05, 4.69) is 97.9 Å². The van der Waals surface area contributed by atoms with E-state index in [1.165, 1.54) is 0 Å². The average molecular weight is 752 g/mol. The van der Waals surface area contributed by atoms with E-state index < -0.39 is 33.5 Å². The van der Waals surface area contributed by atoms with Crippen molar-refractivity contribution in [1.82, 2.24) is 0 Å². The van der Waals surface area contributed by atoms with Gasteiger partial charge >= 0.3 is 6.18 Å². The fourth-order valence-corrected chi connectivity index (χ4v) is 11.5. The van der Waals surface area contributed by atoms with Gasteiger partial charge < -0.3 is 4.90 Å². The summed E-state index contributed by atoms with van der Waals surface area (Å²) in [5, 5.41) is 21.9. The molecule has 0 aromatic heterocycles. The number of anilines is 3. The van der Waals surface area contributed by atoms with Crippen LogP contribution in [0.4, 0.5) is 30.2 Å². The number of para-hydroxylation sites is 2. The van der Waals surface area contributed by atoms with E-state index in [0.717, 1.165) is 54.5 Å². The molecule has 0 amide bonds. The quantitative estimate of drug-likeness (QED) is 0.168. The van der Waals surface area contributed by atoms with E-state index in [0.29, 0.717) is 11.3 Å². The molecule has 2 aliphatic carbocycles. The molecule has 1 heterocycles. The topological polar surface area (TPSA) is 50.8 Å². The molecule has 7 heteroatoms. The van der Waals surface area contributed by atoms with Crippen molar-refractivity contribution in [2.24, 2.45) is 0 Å². The van der Waals surface area contributed by atoms with Gasteiger partial charge in [0.2, 0.25) is 0 Å². The van der Waals surface area contributed by atoms with Crippen molar-refractivity contribution < 1.29 is 13.2 Å². The standard InChI is InChI=1S/C48H44F3N3S/c1-43(2,3)27-19-21-29-30-22-20-28(44(4,5)6)24-34(30)47(33(29)23-27)45(7,8)40-39(48(49,50)51)31(25-52)32(26-53)42(41(40)46(47,9)10)54-35-15-11-13-17-37(35)55-38-18-14-12-16-36(38)54/h11-24H,1-10H3. The van der Waals surface area contributed by atoms with Crippen molar-refractivity contribution in [2.45, 2.75) is 112 Å². The molecule has 1 aliphatic heterocycles. The van der Waals surface area contributed by atoms with E-state index in [1.54, 1.807) is 11.8 Å². The third kappa shape index (κ3) is 4.75. The van der Waals surface area contributed by atoms with Crippen LogP contribution in [0, 0.1) is 22.7 Å². The van der Waals surface area contributed by atoms with E-state index in [9.17, 15) is 10.5 Å². The summed E-state index contributed by atoms with van der Waals surface area (Å²) >= 11 is 1.58. The lowest BCUT2D eigenvalue weighted by atomic mass is 9.51. The summed E-state index contributed by atoms with van der Waals surface area (Å²) in [5.74, 6) is 0. The highest BCUT2D eigenvalue weighted by Crippen LogP contribution is 2.74. The van der Waals surface area contributed by atoms with Crippen LogP contribution in [-0.4, -0.2) is 0 Å². The van der Waals surface area contributed by atoms with Crippen molar-refractivity contribution in [3.8, 4) is 23.3 Å². The van der Waals surface area contributed by atoms with Crippen molar-refractivity contribution in [3.63, 3.8) is 0 Å². The van der Waals surface area contributed by atoms with Crippen LogP contribution in [0.15, 0.2) is 94.7 Å². The maximum Gasteiger partial charge on any atom is 0.418 e. The predicted octanol–water partition coefficient (Wildman–Crippen LogP) is 13.5. The van der Waals surface area contributed by atoms with Crippen LogP contribution in [0.5, 0.6) is 0 Å². The van der Waals surface area contributed by atoms with Crippen LogP contribution in [-0.2, 0) is 33.3 Å². The molecule has 0 unspecified atom stereocenters. The number of nitrogens with zero attached hydrogens (tertiary/aromatic N) is 3. The Morgan fingerprint density at radius 3 is 1.45 bits per heavy atom. The van der Waals surface area contributed by atoms with Gasteiger partial charge in [-0.1, -0.05) is 142 Å². The number of alkyl halides is 3. The van der Waals surface area contributed by atoms with Crippen LogP contribution in [0.2, 0.25) is 0 Å². The van der Waals surface area contributed by atoms with Gasteiger partial charge in [0.05, 0.1) is 33.8 Å². The first-order chi connectivity index (χ1) is 25.6. The van der Waals surface area contributed by atoms with Gasteiger partial charge in [0.25, 0.3) is 0 Å². The van der Waals surface area contributed by atoms with Crippen LogP contribution >= 0.6 is 11.8 Å². The molecule has 278 valence electrons. The highest BCUT2D eigenvalue weighted by Gasteiger charge is 2.70. The summed E-state index contributed by atoms with van der Waals surface area (Å²) in [6.45, 7) is 20.9. The fraction of sp³-hybridized carbons (Fsp3) is 0.333. The zero-order valence-electron chi connectivity index (χ0n) is 33.0. The summed E-state index contributed by atoms with van der Waals surface area (Å²) in [5.41, 5.74) is 2.68. The number of rotatable bonds is 1. The first kappa shape index (κ1) is 37.0. The molecule has 0 saturated heterocycles. The zero-order valence-corrected chi connectivity index (χ0v) is 33.8. The monoisotopic (exact) mass is 751 g/mol. The lowest BCUT2D eigenvalue weighted by Gasteiger charge is -2.50. The SMILES string of the molecule is CC(C)(C)c1ccc2c(c1)C1(c3cc(C(C)(C)C)ccc3-2)C(C)(C)c2c(N3c4ccccc4Sc4ccccc43)c(C#N)c(C#N)c(C(F)(F)F)c2C1(C)C. The van der Waals surface area contributed by atoms with E-state index in [-0.39, 0.29) is 22.0 Å². The van der Waals surface area contributed by atoms with Gasteiger partial charge in [-0.25, -0.2) is 0 Å². The largest absolute Gasteiger partial charge is 0.418 e. The molecule has 0 bridgehead atoms. The van der Waals surface area contributed by atoms with Gasteiger partial charge in [-0.2, -0.15) is 23.7 Å². The Kier molecular flexibility index (Phi) is 7.75. The normalized spacial score (nSPS) is 17.1. The maximum atomic E-state index is 16.1. The van der Waals surface area contributed by atoms with Gasteiger partial charge in [-0.05, 0) is 79.6 Å². The van der Waals surface area contributed by atoms with Crippen LogP contribution in [0.1, 0.15) is 119 Å². The Balaban J connectivity index is 1.63. The van der Waals surface area contributed by atoms with Gasteiger partial charge in [0, 0.05) is 26.0 Å². The molecule has 5 aromatic carbocycles. The average Bonchev–Trinajstić information content (AvgIpc) is 3.49. The van der Waals surface area contributed by atoms with Crippen molar-refractivity contribution in [3.05, 3.63) is 135 Å². The summed E-state index contributed by atoms with van der Waals surface area (Å²) in [6.07, 6.45) is -4.93. The third-order valence-electron chi connectivity index (χ3n) is 12.6. The number of hydrogen-bond donors (Lipinski definition) is 0. The van der Waals surface area contributed by atoms with E-state index >= 15 is 13.2 Å². The van der Waals surface area contributed by atoms with E-state index in [4.69, 9.17) is 0 Å². The summed E-state index contributed by atoms with van der Waals surface area (Å²) in [6, 6.07) is 32.8. The highest BCUT2D eigenvalue weighted by molar-refractivity contribution is 7.99. The van der Waals surface area contributed by atoms with Gasteiger partial charge in [0.1, 0.15) is 12.1 Å². The highest BCUT2D eigenvalue weighted by atomic mass is 32.2. The third-order valence-corrected chi connectivity index (χ3v) is 13.8. The molecule has 0 saturated carbocycles. The first-order valence-corrected chi connectivity index (χ1v) is 19.5. The van der Waals surface area contributed by atoms with Crippen LogP contribution in [0.25, 0.3) is 11.1 Å². The Morgan fingerprint density at radius 2 is 1.04 bits per heavy atom.